The lowest BCUT2D eigenvalue weighted by Crippen LogP contribution is -2.23. The molecule has 2 aromatic rings. The van der Waals surface area contributed by atoms with E-state index >= 15 is 0 Å². The second-order valence-electron chi connectivity index (χ2n) is 9.66. The van der Waals surface area contributed by atoms with Gasteiger partial charge in [-0.15, -0.1) is 0 Å². The molecule has 166 valence electrons. The number of aromatic nitrogens is 2. The molecular formula is C26H37N5. The summed E-state index contributed by atoms with van der Waals surface area (Å²) in [6.07, 6.45) is 14.0. The average Bonchev–Trinajstić information content (AvgIpc) is 3.67. The first-order valence-corrected chi connectivity index (χ1v) is 12.5. The van der Waals surface area contributed by atoms with Gasteiger partial charge in [-0.2, -0.15) is 4.98 Å². The average molecular weight is 420 g/mol. The molecule has 1 unspecified atom stereocenters. The van der Waals surface area contributed by atoms with Gasteiger partial charge in [-0.3, -0.25) is 0 Å². The second-order valence-corrected chi connectivity index (χ2v) is 9.66. The van der Waals surface area contributed by atoms with Crippen molar-refractivity contribution in [1.29, 1.82) is 0 Å². The Morgan fingerprint density at radius 3 is 2.71 bits per heavy atom. The molecule has 2 fully saturated rings. The van der Waals surface area contributed by atoms with Crippen LogP contribution in [0.5, 0.6) is 0 Å². The molecule has 3 aliphatic rings. The van der Waals surface area contributed by atoms with Gasteiger partial charge in [0.05, 0.1) is 5.52 Å². The molecule has 2 heterocycles. The van der Waals surface area contributed by atoms with E-state index in [1.165, 1.54) is 56.1 Å². The number of nitrogens with one attached hydrogen (secondary N) is 3. The second kappa shape index (κ2) is 9.56. The minimum Gasteiger partial charge on any atom is -0.366 e. The Kier molecular flexibility index (Phi) is 6.40. The van der Waals surface area contributed by atoms with E-state index in [1.54, 1.807) is 0 Å². The first-order chi connectivity index (χ1) is 15.3. The minimum atomic E-state index is 0.506. The molecule has 2 saturated carbocycles. The smallest absolute Gasteiger partial charge is 0.225 e. The maximum absolute atomic E-state index is 5.07. The molecule has 0 amide bonds. The summed E-state index contributed by atoms with van der Waals surface area (Å²) >= 11 is 0. The summed E-state index contributed by atoms with van der Waals surface area (Å²) in [6, 6.07) is 7.10. The predicted octanol–water partition coefficient (Wildman–Crippen LogP) is 5.60. The molecule has 0 radical (unpaired) electrons. The Bertz CT molecular complexity index is 927. The van der Waals surface area contributed by atoms with E-state index < -0.39 is 0 Å². The highest BCUT2D eigenvalue weighted by Crippen LogP contribution is 2.37. The standard InChI is InChI=1S/C26H37N5/c1-2-23(20-11-12-20)29-25-22-10-6-9-21(19-13-15-27-16-14-19)24(22)30-26(31-25)28-17-18-7-4-3-5-8-18/h6,9-10,13,18,20,23,27H,2-5,7-8,11-12,14-17H2,1H3,(H2,28,29,30,31). The van der Waals surface area contributed by atoms with Gasteiger partial charge in [0.2, 0.25) is 5.95 Å². The van der Waals surface area contributed by atoms with E-state index in [9.17, 15) is 0 Å². The first-order valence-electron chi connectivity index (χ1n) is 12.5. The molecule has 1 aromatic carbocycles. The zero-order chi connectivity index (χ0) is 21.0. The van der Waals surface area contributed by atoms with Crippen molar-refractivity contribution in [2.75, 3.05) is 30.3 Å². The van der Waals surface area contributed by atoms with Crippen LogP contribution < -0.4 is 16.0 Å². The van der Waals surface area contributed by atoms with E-state index in [-0.39, 0.29) is 0 Å². The van der Waals surface area contributed by atoms with Crippen LogP contribution in [0.1, 0.15) is 70.3 Å². The molecular weight excluding hydrogens is 382 g/mol. The van der Waals surface area contributed by atoms with Crippen molar-refractivity contribution in [2.24, 2.45) is 11.8 Å². The summed E-state index contributed by atoms with van der Waals surface area (Å²) < 4.78 is 0. The van der Waals surface area contributed by atoms with Crippen LogP contribution in [0, 0.1) is 11.8 Å². The molecule has 2 aliphatic carbocycles. The van der Waals surface area contributed by atoms with Gasteiger partial charge >= 0.3 is 0 Å². The summed E-state index contributed by atoms with van der Waals surface area (Å²) in [4.78, 5) is 10.1. The number of hydrogen-bond donors (Lipinski definition) is 3. The Labute approximate surface area is 186 Å². The molecule has 0 saturated heterocycles. The summed E-state index contributed by atoms with van der Waals surface area (Å²) in [5.74, 6) is 3.34. The van der Waals surface area contributed by atoms with Crippen LogP contribution in [-0.2, 0) is 0 Å². The molecule has 5 rings (SSSR count). The van der Waals surface area contributed by atoms with Crippen molar-refractivity contribution in [3.8, 4) is 0 Å². The van der Waals surface area contributed by atoms with Crippen molar-refractivity contribution in [2.45, 2.75) is 70.8 Å². The van der Waals surface area contributed by atoms with Gasteiger partial charge in [0.1, 0.15) is 5.82 Å². The maximum atomic E-state index is 5.07. The number of nitrogens with zero attached hydrogens (tertiary/aromatic N) is 2. The molecule has 31 heavy (non-hydrogen) atoms. The molecule has 1 atom stereocenters. The molecule has 0 spiro atoms. The molecule has 0 bridgehead atoms. The van der Waals surface area contributed by atoms with Gasteiger partial charge in [0.15, 0.2) is 0 Å². The third kappa shape index (κ3) is 4.87. The molecule has 1 aliphatic heterocycles. The van der Waals surface area contributed by atoms with Crippen LogP contribution in [0.4, 0.5) is 11.8 Å². The molecule has 5 nitrogen and oxygen atoms in total. The highest BCUT2D eigenvalue weighted by Gasteiger charge is 2.30. The van der Waals surface area contributed by atoms with Crippen molar-refractivity contribution in [3.63, 3.8) is 0 Å². The summed E-state index contributed by atoms with van der Waals surface area (Å²) in [5.41, 5.74) is 3.76. The maximum Gasteiger partial charge on any atom is 0.225 e. The largest absolute Gasteiger partial charge is 0.366 e. The highest BCUT2D eigenvalue weighted by atomic mass is 15.2. The van der Waals surface area contributed by atoms with E-state index in [4.69, 9.17) is 9.97 Å². The van der Waals surface area contributed by atoms with Crippen LogP contribution in [0.3, 0.4) is 0 Å². The fourth-order valence-corrected chi connectivity index (χ4v) is 5.32. The fraction of sp³-hybridized carbons (Fsp3) is 0.615. The quantitative estimate of drug-likeness (QED) is 0.520. The normalized spacial score (nSPS) is 21.0. The third-order valence-electron chi connectivity index (χ3n) is 7.36. The predicted molar refractivity (Wildman–Crippen MR) is 130 cm³/mol. The van der Waals surface area contributed by atoms with E-state index in [0.717, 1.165) is 67.0 Å². The van der Waals surface area contributed by atoms with Crippen LogP contribution in [0.2, 0.25) is 0 Å². The number of anilines is 2. The van der Waals surface area contributed by atoms with Gasteiger partial charge in [-0.05, 0) is 68.5 Å². The Morgan fingerprint density at radius 1 is 1.10 bits per heavy atom. The van der Waals surface area contributed by atoms with Gasteiger partial charge in [-0.1, -0.05) is 44.4 Å². The van der Waals surface area contributed by atoms with Gasteiger partial charge in [0, 0.05) is 30.1 Å². The van der Waals surface area contributed by atoms with Crippen LogP contribution in [0.25, 0.3) is 16.5 Å². The van der Waals surface area contributed by atoms with Crippen molar-refractivity contribution >= 4 is 28.2 Å². The summed E-state index contributed by atoms with van der Waals surface area (Å²) in [5, 5.41) is 12.0. The Hall–Kier alpha value is -2.14. The highest BCUT2D eigenvalue weighted by molar-refractivity contribution is 5.97. The Balaban J connectivity index is 1.49. The van der Waals surface area contributed by atoms with Crippen LogP contribution in [-0.4, -0.2) is 35.6 Å². The lowest BCUT2D eigenvalue weighted by Gasteiger charge is -2.23. The summed E-state index contributed by atoms with van der Waals surface area (Å²) in [7, 11) is 0. The topological polar surface area (TPSA) is 61.9 Å². The Morgan fingerprint density at radius 2 is 1.97 bits per heavy atom. The van der Waals surface area contributed by atoms with Gasteiger partial charge in [-0.25, -0.2) is 4.98 Å². The van der Waals surface area contributed by atoms with E-state index in [2.05, 4.69) is 47.1 Å². The third-order valence-corrected chi connectivity index (χ3v) is 7.36. The number of benzene rings is 1. The monoisotopic (exact) mass is 419 g/mol. The number of rotatable bonds is 8. The van der Waals surface area contributed by atoms with Crippen LogP contribution in [0.15, 0.2) is 24.3 Å². The van der Waals surface area contributed by atoms with Crippen molar-refractivity contribution in [1.82, 2.24) is 15.3 Å². The first kappa shape index (κ1) is 20.7. The lowest BCUT2D eigenvalue weighted by molar-refractivity contribution is 0.373. The molecule has 1 aromatic heterocycles. The number of para-hydroxylation sites is 1. The SMILES string of the molecule is CCC(Nc1nc(NCC2CCCCC2)nc2c(C3=CCNCC3)cccc12)C1CC1. The minimum absolute atomic E-state index is 0.506. The van der Waals surface area contributed by atoms with E-state index in [0.29, 0.717) is 6.04 Å². The van der Waals surface area contributed by atoms with Crippen molar-refractivity contribution < 1.29 is 0 Å². The number of fused-ring (bicyclic) bond motifs is 1. The van der Waals surface area contributed by atoms with E-state index in [1.807, 2.05) is 0 Å². The van der Waals surface area contributed by atoms with Gasteiger partial charge < -0.3 is 16.0 Å². The fourth-order valence-electron chi connectivity index (χ4n) is 5.32. The van der Waals surface area contributed by atoms with Crippen LogP contribution >= 0.6 is 0 Å². The van der Waals surface area contributed by atoms with Gasteiger partial charge in [0.25, 0.3) is 0 Å². The molecule has 3 N–H and O–H groups in total. The molecule has 5 heteroatoms. The zero-order valence-electron chi connectivity index (χ0n) is 18.9. The van der Waals surface area contributed by atoms with Crippen molar-refractivity contribution in [3.05, 3.63) is 29.8 Å². The number of hydrogen-bond acceptors (Lipinski definition) is 5. The lowest BCUT2D eigenvalue weighted by atomic mass is 9.89. The zero-order valence-corrected chi connectivity index (χ0v) is 18.9. The summed E-state index contributed by atoms with van der Waals surface area (Å²) in [6.45, 7) is 5.24.